The molecule has 4 N–H and O–H groups in total. The maximum atomic E-state index is 11.3. The summed E-state index contributed by atoms with van der Waals surface area (Å²) in [6.45, 7) is 1.47. The number of carbonyl (C=O) groups excluding carboxylic acids is 1. The van der Waals surface area contributed by atoms with E-state index < -0.39 is 0 Å². The van der Waals surface area contributed by atoms with Gasteiger partial charge in [-0.25, -0.2) is 14.8 Å². The third-order valence-electron chi connectivity index (χ3n) is 4.98. The Morgan fingerprint density at radius 2 is 1.82 bits per heavy atom. The molecule has 0 spiro atoms. The number of amides is 2. The summed E-state index contributed by atoms with van der Waals surface area (Å²) in [6.07, 6.45) is 0.723. The lowest BCUT2D eigenvalue weighted by Crippen LogP contribution is -2.33. The van der Waals surface area contributed by atoms with Crippen molar-refractivity contribution in [1.82, 2.24) is 25.6 Å². The topological polar surface area (TPSA) is 104 Å². The van der Waals surface area contributed by atoms with E-state index in [2.05, 4.69) is 20.9 Å². The molecule has 0 fully saturated rings. The van der Waals surface area contributed by atoms with Crippen LogP contribution in [0.25, 0.3) is 22.4 Å². The van der Waals surface area contributed by atoms with Crippen LogP contribution in [0.1, 0.15) is 12.1 Å². The number of fused-ring (bicyclic) bond motifs is 1. The molecule has 4 aromatic rings. The van der Waals surface area contributed by atoms with Crippen LogP contribution >= 0.6 is 23.2 Å². The van der Waals surface area contributed by atoms with Crippen molar-refractivity contribution in [3.63, 3.8) is 0 Å². The lowest BCUT2D eigenvalue weighted by Gasteiger charge is -2.10. The first kappa shape index (κ1) is 23.7. The molecule has 2 aromatic carbocycles. The van der Waals surface area contributed by atoms with E-state index in [9.17, 15) is 4.79 Å². The number of hydrogen-bond acceptors (Lipinski definition) is 5. The molecule has 2 amide bonds. The fraction of sp³-hybridized carbons (Fsp3) is 0.208. The Morgan fingerprint density at radius 3 is 2.59 bits per heavy atom. The fourth-order valence-corrected chi connectivity index (χ4v) is 3.71. The zero-order valence-electron chi connectivity index (χ0n) is 18.5. The van der Waals surface area contributed by atoms with E-state index in [4.69, 9.17) is 37.9 Å². The Labute approximate surface area is 207 Å². The van der Waals surface area contributed by atoms with Crippen molar-refractivity contribution in [3.05, 3.63) is 70.3 Å². The van der Waals surface area contributed by atoms with Gasteiger partial charge in [-0.15, -0.1) is 0 Å². The van der Waals surface area contributed by atoms with Gasteiger partial charge in [-0.05, 0) is 42.8 Å². The normalized spacial score (nSPS) is 10.8. The van der Waals surface area contributed by atoms with Gasteiger partial charge < -0.3 is 25.7 Å². The van der Waals surface area contributed by atoms with Crippen LogP contribution in [0.3, 0.4) is 0 Å². The van der Waals surface area contributed by atoms with E-state index in [1.807, 2.05) is 42.5 Å². The minimum Gasteiger partial charge on any atom is -0.487 e. The SMILES string of the molecule is CNC(=O)NCCCNc1nc(-c2cccc(Cl)c2)nc2[nH]c(COc3cccc(Cl)c3)cc12. The molecule has 176 valence electrons. The number of aromatic amines is 1. The highest BCUT2D eigenvalue weighted by Crippen LogP contribution is 2.28. The Hall–Kier alpha value is -3.49. The molecule has 0 aliphatic carbocycles. The summed E-state index contributed by atoms with van der Waals surface area (Å²) in [4.78, 5) is 24.1. The number of rotatable bonds is 9. The quantitative estimate of drug-likeness (QED) is 0.236. The molecule has 0 saturated carbocycles. The van der Waals surface area contributed by atoms with Crippen molar-refractivity contribution in [2.45, 2.75) is 13.0 Å². The largest absolute Gasteiger partial charge is 0.487 e. The summed E-state index contributed by atoms with van der Waals surface area (Å²) >= 11 is 12.2. The van der Waals surface area contributed by atoms with Crippen LogP contribution < -0.4 is 20.7 Å². The second-order valence-electron chi connectivity index (χ2n) is 7.50. The molecule has 0 bridgehead atoms. The number of nitrogens with one attached hydrogen (secondary N) is 4. The van der Waals surface area contributed by atoms with Crippen molar-refractivity contribution in [1.29, 1.82) is 0 Å². The van der Waals surface area contributed by atoms with Crippen LogP contribution in [0.2, 0.25) is 10.0 Å². The first-order valence-electron chi connectivity index (χ1n) is 10.8. The zero-order chi connectivity index (χ0) is 23.9. The molecule has 0 saturated heterocycles. The molecule has 0 atom stereocenters. The van der Waals surface area contributed by atoms with Gasteiger partial charge in [0.05, 0.1) is 11.1 Å². The minimum absolute atomic E-state index is 0.206. The van der Waals surface area contributed by atoms with Crippen molar-refractivity contribution >= 4 is 46.1 Å². The van der Waals surface area contributed by atoms with Gasteiger partial charge in [0.1, 0.15) is 23.8 Å². The van der Waals surface area contributed by atoms with Gasteiger partial charge in [0.15, 0.2) is 5.82 Å². The molecule has 2 aromatic heterocycles. The van der Waals surface area contributed by atoms with Crippen LogP contribution in [-0.4, -0.2) is 41.1 Å². The second kappa shape index (κ2) is 11.1. The lowest BCUT2D eigenvalue weighted by atomic mass is 10.2. The van der Waals surface area contributed by atoms with Crippen molar-refractivity contribution in [3.8, 4) is 17.1 Å². The van der Waals surface area contributed by atoms with Crippen molar-refractivity contribution < 1.29 is 9.53 Å². The number of urea groups is 1. The molecular formula is C24H24Cl2N6O2. The number of carbonyl (C=O) groups is 1. The number of anilines is 1. The van der Waals surface area contributed by atoms with Crippen LogP contribution in [0.15, 0.2) is 54.6 Å². The highest BCUT2D eigenvalue weighted by Gasteiger charge is 2.13. The predicted molar refractivity (Wildman–Crippen MR) is 136 cm³/mol. The summed E-state index contributed by atoms with van der Waals surface area (Å²) in [5.41, 5.74) is 2.34. The maximum Gasteiger partial charge on any atom is 0.314 e. The molecule has 34 heavy (non-hydrogen) atoms. The molecule has 0 aliphatic heterocycles. The summed E-state index contributed by atoms with van der Waals surface area (Å²) in [7, 11) is 1.59. The van der Waals surface area contributed by atoms with Gasteiger partial charge in [-0.3, -0.25) is 0 Å². The van der Waals surface area contributed by atoms with E-state index in [1.54, 1.807) is 19.2 Å². The first-order valence-corrected chi connectivity index (χ1v) is 11.5. The number of halogens is 2. The average molecular weight is 499 g/mol. The van der Waals surface area contributed by atoms with Crippen molar-refractivity contribution in [2.24, 2.45) is 0 Å². The van der Waals surface area contributed by atoms with Crippen molar-refractivity contribution in [2.75, 3.05) is 25.5 Å². The van der Waals surface area contributed by atoms with Gasteiger partial charge in [-0.1, -0.05) is 41.4 Å². The third kappa shape index (κ3) is 6.09. The number of hydrogen-bond donors (Lipinski definition) is 4. The number of nitrogens with zero attached hydrogens (tertiary/aromatic N) is 2. The van der Waals surface area contributed by atoms with Gasteiger partial charge in [0, 0.05) is 35.7 Å². The Kier molecular flexibility index (Phi) is 7.72. The molecule has 8 nitrogen and oxygen atoms in total. The average Bonchev–Trinajstić information content (AvgIpc) is 3.25. The summed E-state index contributed by atoms with van der Waals surface area (Å²) < 4.78 is 5.87. The molecule has 0 radical (unpaired) electrons. The summed E-state index contributed by atoms with van der Waals surface area (Å²) in [6, 6.07) is 16.4. The Balaban J connectivity index is 1.56. The summed E-state index contributed by atoms with van der Waals surface area (Å²) in [5.74, 6) is 1.91. The molecule has 0 aliphatic rings. The maximum absolute atomic E-state index is 11.3. The smallest absolute Gasteiger partial charge is 0.314 e. The third-order valence-corrected chi connectivity index (χ3v) is 5.45. The number of aromatic nitrogens is 3. The summed E-state index contributed by atoms with van der Waals surface area (Å²) in [5, 5.41) is 10.7. The van der Waals surface area contributed by atoms with Gasteiger partial charge >= 0.3 is 6.03 Å². The van der Waals surface area contributed by atoms with Crippen LogP contribution in [-0.2, 0) is 6.61 Å². The monoisotopic (exact) mass is 498 g/mol. The standard InChI is InChI=1S/C24H24Cl2N6O2/c1-27-24(33)29-10-4-9-28-22-20-13-18(14-34-19-8-3-7-17(26)12-19)30-23(20)32-21(31-22)15-5-2-6-16(25)11-15/h2-3,5-8,11-13H,4,9-10,14H2,1H3,(H2,27,29,33)(H2,28,30,31,32). The zero-order valence-corrected chi connectivity index (χ0v) is 20.0. The highest BCUT2D eigenvalue weighted by atomic mass is 35.5. The van der Waals surface area contributed by atoms with Crippen LogP contribution in [0.4, 0.5) is 10.6 Å². The van der Waals surface area contributed by atoms with Crippen LogP contribution in [0.5, 0.6) is 5.75 Å². The highest BCUT2D eigenvalue weighted by molar-refractivity contribution is 6.31. The molecule has 4 rings (SSSR count). The molecule has 2 heterocycles. The van der Waals surface area contributed by atoms with E-state index in [0.717, 1.165) is 23.1 Å². The number of ether oxygens (including phenoxy) is 1. The lowest BCUT2D eigenvalue weighted by molar-refractivity contribution is 0.243. The Morgan fingerprint density at radius 1 is 1.03 bits per heavy atom. The molecule has 10 heteroatoms. The fourth-order valence-electron chi connectivity index (χ4n) is 3.34. The minimum atomic E-state index is -0.206. The Bertz CT molecular complexity index is 1290. The molecule has 0 unspecified atom stereocenters. The second-order valence-corrected chi connectivity index (χ2v) is 8.37. The van der Waals surface area contributed by atoms with E-state index in [0.29, 0.717) is 52.8 Å². The van der Waals surface area contributed by atoms with Gasteiger partial charge in [-0.2, -0.15) is 0 Å². The number of H-pyrrole nitrogens is 1. The molecular weight excluding hydrogens is 475 g/mol. The van der Waals surface area contributed by atoms with E-state index in [1.165, 1.54) is 0 Å². The van der Waals surface area contributed by atoms with E-state index >= 15 is 0 Å². The van der Waals surface area contributed by atoms with Gasteiger partial charge in [0.2, 0.25) is 0 Å². The predicted octanol–water partition coefficient (Wildman–Crippen LogP) is 5.24. The first-order chi connectivity index (χ1) is 16.5. The van der Waals surface area contributed by atoms with Crippen LogP contribution in [0, 0.1) is 0 Å². The number of benzene rings is 2. The van der Waals surface area contributed by atoms with Gasteiger partial charge in [0.25, 0.3) is 0 Å². The van der Waals surface area contributed by atoms with E-state index in [-0.39, 0.29) is 6.03 Å².